The molecule has 0 saturated carbocycles. The number of nitriles is 1. The van der Waals surface area contributed by atoms with Crippen LogP contribution in [0, 0.1) is 35.8 Å². The third-order valence-corrected chi connectivity index (χ3v) is 8.42. The lowest BCUT2D eigenvalue weighted by atomic mass is 10.0. The first kappa shape index (κ1) is 23.1. The summed E-state index contributed by atoms with van der Waals surface area (Å²) in [5.41, 5.74) is 1.09. The van der Waals surface area contributed by atoms with E-state index in [-0.39, 0.29) is 33.7 Å². The number of hydrogen-bond donors (Lipinski definition) is 0. The molecular formula is C21H15ClF2N4O3S2. The molecule has 1 saturated heterocycles. The number of benzene rings is 2. The maximum atomic E-state index is 14.1. The van der Waals surface area contributed by atoms with Gasteiger partial charge in [-0.25, -0.2) is 27.0 Å². The van der Waals surface area contributed by atoms with Gasteiger partial charge in [-0.3, -0.25) is 9.80 Å². The number of rotatable bonds is 4. The van der Waals surface area contributed by atoms with Gasteiger partial charge in [0.05, 0.1) is 17.7 Å². The highest BCUT2D eigenvalue weighted by Crippen LogP contribution is 2.35. The van der Waals surface area contributed by atoms with Crippen LogP contribution in [0.1, 0.15) is 5.69 Å². The highest BCUT2D eigenvalue weighted by atomic mass is 35.7. The molecule has 0 radical (unpaired) electrons. The number of aryl methyl sites for hydroxylation is 1. The number of nitrogens with zero attached hydrogens (tertiary/aromatic N) is 4. The lowest BCUT2D eigenvalue weighted by Gasteiger charge is -2.36. The van der Waals surface area contributed by atoms with Gasteiger partial charge in [0.15, 0.2) is 9.34 Å². The fourth-order valence-electron chi connectivity index (χ4n) is 3.51. The van der Waals surface area contributed by atoms with Crippen molar-refractivity contribution >= 4 is 47.9 Å². The average molecular weight is 509 g/mol. The van der Waals surface area contributed by atoms with Crippen LogP contribution in [0.3, 0.4) is 0 Å². The van der Waals surface area contributed by atoms with Crippen molar-refractivity contribution in [3.05, 3.63) is 59.8 Å². The Hall–Kier alpha value is -3.07. The van der Waals surface area contributed by atoms with Crippen LogP contribution in [0.15, 0.2) is 46.7 Å². The molecule has 12 heteroatoms. The minimum atomic E-state index is -4.04. The minimum Gasteiger partial charge on any atom is -0.293 e. The summed E-state index contributed by atoms with van der Waals surface area (Å²) >= 11 is 0.750. The second-order valence-electron chi connectivity index (χ2n) is 7.31. The summed E-state index contributed by atoms with van der Waals surface area (Å²) in [6.45, 7) is 1.60. The molecule has 0 N–H and O–H groups in total. The van der Waals surface area contributed by atoms with Crippen molar-refractivity contribution in [3.8, 4) is 17.2 Å². The first-order valence-corrected chi connectivity index (χ1v) is 12.7. The van der Waals surface area contributed by atoms with Crippen molar-refractivity contribution in [2.75, 3.05) is 22.9 Å². The van der Waals surface area contributed by atoms with Crippen LogP contribution >= 0.6 is 22.0 Å². The highest BCUT2D eigenvalue weighted by molar-refractivity contribution is 8.15. The topological polar surface area (TPSA) is 94.4 Å². The molecule has 170 valence electrons. The van der Waals surface area contributed by atoms with Gasteiger partial charge in [0.25, 0.3) is 9.05 Å². The molecule has 0 spiro atoms. The van der Waals surface area contributed by atoms with E-state index in [9.17, 15) is 27.3 Å². The monoisotopic (exact) mass is 508 g/mol. The lowest BCUT2D eigenvalue weighted by molar-refractivity contribution is 0.246. The zero-order valence-electron chi connectivity index (χ0n) is 17.0. The van der Waals surface area contributed by atoms with Gasteiger partial charge in [-0.1, -0.05) is 23.5 Å². The second kappa shape index (κ2) is 8.70. The Bertz CT molecular complexity index is 1390. The van der Waals surface area contributed by atoms with E-state index in [4.69, 9.17) is 10.7 Å². The van der Waals surface area contributed by atoms with E-state index < -0.39 is 32.6 Å². The summed E-state index contributed by atoms with van der Waals surface area (Å²) in [5.74, 6) is -1.74. The third-order valence-electron chi connectivity index (χ3n) is 5.06. The van der Waals surface area contributed by atoms with Crippen molar-refractivity contribution in [3.63, 3.8) is 0 Å². The van der Waals surface area contributed by atoms with Gasteiger partial charge >= 0.3 is 6.03 Å². The predicted octanol–water partition coefficient (Wildman–Crippen LogP) is 4.91. The number of aromatic nitrogens is 1. The maximum Gasteiger partial charge on any atom is 0.330 e. The van der Waals surface area contributed by atoms with Crippen molar-refractivity contribution in [1.29, 1.82) is 5.26 Å². The van der Waals surface area contributed by atoms with Crippen LogP contribution in [0.4, 0.5) is 24.4 Å². The summed E-state index contributed by atoms with van der Waals surface area (Å²) in [6.07, 6.45) is 0. The molecule has 1 fully saturated rings. The summed E-state index contributed by atoms with van der Waals surface area (Å²) in [6, 6.07) is 11.0. The highest BCUT2D eigenvalue weighted by Gasteiger charge is 2.36. The predicted molar refractivity (Wildman–Crippen MR) is 121 cm³/mol. The molecule has 4 rings (SSSR count). The first-order chi connectivity index (χ1) is 15.6. The number of hydrogen-bond acceptors (Lipinski definition) is 6. The van der Waals surface area contributed by atoms with Crippen molar-refractivity contribution < 1.29 is 22.0 Å². The molecule has 1 aliphatic rings. The minimum absolute atomic E-state index is 0.0349. The Morgan fingerprint density at radius 2 is 1.82 bits per heavy atom. The van der Waals surface area contributed by atoms with E-state index in [1.807, 2.05) is 0 Å². The van der Waals surface area contributed by atoms with Crippen LogP contribution in [0.2, 0.25) is 0 Å². The van der Waals surface area contributed by atoms with E-state index in [2.05, 4.69) is 11.1 Å². The van der Waals surface area contributed by atoms with Gasteiger partial charge in [-0.05, 0) is 42.8 Å². The molecule has 0 aliphatic carbocycles. The molecular weight excluding hydrogens is 494 g/mol. The Labute approximate surface area is 196 Å². The van der Waals surface area contributed by atoms with E-state index in [0.29, 0.717) is 11.3 Å². The fourth-order valence-corrected chi connectivity index (χ4v) is 5.95. The zero-order chi connectivity index (χ0) is 23.9. The number of urea groups is 1. The number of anilines is 2. The normalized spacial score (nSPS) is 16.7. The molecule has 1 aromatic heterocycles. The number of carbonyl (C=O) groups is 1. The van der Waals surface area contributed by atoms with E-state index in [0.717, 1.165) is 29.5 Å². The Balaban J connectivity index is 1.67. The van der Waals surface area contributed by atoms with Gasteiger partial charge in [0, 0.05) is 35.0 Å². The number of carbonyl (C=O) groups excluding carboxylic acids is 1. The lowest BCUT2D eigenvalue weighted by Crippen LogP contribution is -2.53. The Kier molecular flexibility index (Phi) is 6.09. The van der Waals surface area contributed by atoms with E-state index >= 15 is 0 Å². The number of thiazole rings is 1. The molecule has 1 unspecified atom stereocenters. The number of amides is 2. The molecule has 3 aromatic rings. The summed E-state index contributed by atoms with van der Waals surface area (Å²) in [7, 11) is 1.41. The summed E-state index contributed by atoms with van der Waals surface area (Å²) in [4.78, 5) is 20.0. The van der Waals surface area contributed by atoms with Gasteiger partial charge in [0.2, 0.25) is 0 Å². The first-order valence-electron chi connectivity index (χ1n) is 9.54. The van der Waals surface area contributed by atoms with E-state index in [1.165, 1.54) is 16.7 Å². The van der Waals surface area contributed by atoms with Crippen molar-refractivity contribution in [2.24, 2.45) is 5.92 Å². The van der Waals surface area contributed by atoms with Crippen molar-refractivity contribution in [2.45, 2.75) is 11.1 Å². The fraction of sp³-hybridized carbons (Fsp3) is 0.190. The van der Waals surface area contributed by atoms with Gasteiger partial charge < -0.3 is 0 Å². The summed E-state index contributed by atoms with van der Waals surface area (Å²) in [5, 5.41) is 9.63. The smallest absolute Gasteiger partial charge is 0.293 e. The molecule has 2 aromatic carbocycles. The van der Waals surface area contributed by atoms with Crippen LogP contribution in [0.25, 0.3) is 11.1 Å². The van der Waals surface area contributed by atoms with Crippen LogP contribution in [-0.4, -0.2) is 32.5 Å². The van der Waals surface area contributed by atoms with Gasteiger partial charge in [-0.2, -0.15) is 5.26 Å². The van der Waals surface area contributed by atoms with E-state index in [1.54, 1.807) is 24.3 Å². The van der Waals surface area contributed by atoms with Gasteiger partial charge in [-0.15, -0.1) is 0 Å². The Morgan fingerprint density at radius 3 is 2.42 bits per heavy atom. The molecule has 2 amide bonds. The molecule has 1 atom stereocenters. The largest absolute Gasteiger partial charge is 0.330 e. The SMILES string of the molecule is Cc1nc(N2CC(C#N)CN(c3ccc(-c4cc(F)ccc4F)cc3)C2=O)sc1S(=O)(=O)Cl. The van der Waals surface area contributed by atoms with Gasteiger partial charge in [0.1, 0.15) is 11.6 Å². The molecule has 7 nitrogen and oxygen atoms in total. The van der Waals surface area contributed by atoms with Crippen LogP contribution in [-0.2, 0) is 9.05 Å². The van der Waals surface area contributed by atoms with Crippen LogP contribution < -0.4 is 9.80 Å². The number of halogens is 3. The molecule has 33 heavy (non-hydrogen) atoms. The molecule has 0 bridgehead atoms. The third kappa shape index (κ3) is 4.55. The quantitative estimate of drug-likeness (QED) is 0.467. The zero-order valence-corrected chi connectivity index (χ0v) is 19.4. The molecule has 2 heterocycles. The standard InChI is InChI=1S/C21H15ClF2N4O3S2/c1-12-19(33(22,30)31)32-20(26-12)28-11-13(9-25)10-27(21(28)29)16-5-2-14(3-6-16)17-8-15(23)4-7-18(17)24/h2-8,13H,10-11H2,1H3. The summed E-state index contributed by atoms with van der Waals surface area (Å²) < 4.78 is 51.0. The van der Waals surface area contributed by atoms with Crippen LogP contribution in [0.5, 0.6) is 0 Å². The Morgan fingerprint density at radius 1 is 1.15 bits per heavy atom. The maximum absolute atomic E-state index is 14.1. The van der Waals surface area contributed by atoms with Crippen molar-refractivity contribution in [1.82, 2.24) is 4.98 Å². The second-order valence-corrected chi connectivity index (χ2v) is 11.0. The molecule has 1 aliphatic heterocycles. The average Bonchev–Trinajstić information content (AvgIpc) is 3.18.